The zero-order valence-corrected chi connectivity index (χ0v) is 24.8. The van der Waals surface area contributed by atoms with Crippen LogP contribution in [0.5, 0.6) is 0 Å². The lowest BCUT2D eigenvalue weighted by Gasteiger charge is -2.63. The number of thiophene rings is 1. The van der Waals surface area contributed by atoms with Crippen molar-refractivity contribution < 1.29 is 38.1 Å². The van der Waals surface area contributed by atoms with Crippen LogP contribution in [0.25, 0.3) is 0 Å². The summed E-state index contributed by atoms with van der Waals surface area (Å²) in [4.78, 5) is 26.6. The SMILES string of the molecule is C[C@]12C=CC(=O)C=C1[C@@H](F)C[C@H]1[C@@H]3C[C@H]4O[C@@H](c5cc(Cc6ccc(N)cc6)cs5)O[C@@]4(C(=O)CO)[C@@]3(C)C[C@H](O)[C@@]12F. The summed E-state index contributed by atoms with van der Waals surface area (Å²) in [7, 11) is 0. The Morgan fingerprint density at radius 3 is 2.63 bits per heavy atom. The quantitative estimate of drug-likeness (QED) is 0.424. The molecule has 1 aliphatic heterocycles. The van der Waals surface area contributed by atoms with Gasteiger partial charge < -0.3 is 25.4 Å². The average Bonchev–Trinajstić information content (AvgIpc) is 3.65. The number of ketones is 2. The average molecular weight is 612 g/mol. The highest BCUT2D eigenvalue weighted by Crippen LogP contribution is 2.72. The normalized spacial score (nSPS) is 43.0. The molecule has 10 atom stereocenters. The molecule has 4 aliphatic carbocycles. The second-order valence-corrected chi connectivity index (χ2v) is 14.2. The molecule has 0 bridgehead atoms. The van der Waals surface area contributed by atoms with Crippen molar-refractivity contribution in [2.45, 2.75) is 75.5 Å². The van der Waals surface area contributed by atoms with Gasteiger partial charge in [0.2, 0.25) is 0 Å². The molecular formula is C33H35F2NO6S. The number of nitrogens with two attached hydrogens (primary N) is 1. The van der Waals surface area contributed by atoms with Gasteiger partial charge in [0.25, 0.3) is 0 Å². The van der Waals surface area contributed by atoms with Gasteiger partial charge in [0.05, 0.1) is 17.1 Å². The summed E-state index contributed by atoms with van der Waals surface area (Å²) in [6.45, 7) is 2.50. The third-order valence-electron chi connectivity index (χ3n) is 11.2. The number of allylic oxidation sites excluding steroid dienone is 4. The summed E-state index contributed by atoms with van der Waals surface area (Å²) in [5.41, 5.74) is 2.03. The van der Waals surface area contributed by atoms with Crippen LogP contribution in [0.4, 0.5) is 14.5 Å². The van der Waals surface area contributed by atoms with Gasteiger partial charge in [-0.3, -0.25) is 9.59 Å². The number of rotatable bonds is 5. The minimum Gasteiger partial charge on any atom is -0.399 e. The number of aliphatic hydroxyl groups is 2. The molecule has 0 amide bonds. The first-order valence-corrected chi connectivity index (χ1v) is 15.6. The van der Waals surface area contributed by atoms with E-state index in [4.69, 9.17) is 15.2 Å². The summed E-state index contributed by atoms with van der Waals surface area (Å²) in [6.07, 6.45) is -0.637. The number of fused-ring (bicyclic) bond motifs is 7. The third kappa shape index (κ3) is 3.76. The van der Waals surface area contributed by atoms with E-state index in [-0.39, 0.29) is 24.8 Å². The van der Waals surface area contributed by atoms with Gasteiger partial charge >= 0.3 is 0 Å². The molecule has 0 radical (unpaired) electrons. The van der Waals surface area contributed by atoms with Crippen LogP contribution in [0.2, 0.25) is 0 Å². The summed E-state index contributed by atoms with van der Waals surface area (Å²) in [5, 5.41) is 23.8. The Bertz CT molecular complexity index is 1560. The van der Waals surface area contributed by atoms with Gasteiger partial charge in [0.1, 0.15) is 12.8 Å². The zero-order chi connectivity index (χ0) is 30.5. The van der Waals surface area contributed by atoms with Crippen molar-refractivity contribution in [1.29, 1.82) is 0 Å². The molecule has 43 heavy (non-hydrogen) atoms. The fourth-order valence-electron chi connectivity index (χ4n) is 9.18. The molecule has 1 aromatic heterocycles. The first-order chi connectivity index (χ1) is 20.4. The van der Waals surface area contributed by atoms with E-state index in [1.54, 1.807) is 13.8 Å². The maximum absolute atomic E-state index is 17.5. The number of aliphatic hydroxyl groups excluding tert-OH is 2. The van der Waals surface area contributed by atoms with Crippen molar-refractivity contribution in [3.05, 3.63) is 75.5 Å². The Labute approximate surface area is 252 Å². The molecule has 4 fully saturated rings. The fraction of sp³-hybridized carbons (Fsp3) is 0.515. The number of Topliss-reactive ketones (excluding diaryl/α,β-unsaturated/α-hetero) is 1. The van der Waals surface area contributed by atoms with Gasteiger partial charge in [-0.2, -0.15) is 0 Å². The second-order valence-electron chi connectivity index (χ2n) is 13.3. The predicted molar refractivity (Wildman–Crippen MR) is 156 cm³/mol. The molecule has 0 unspecified atom stereocenters. The topological polar surface area (TPSA) is 119 Å². The van der Waals surface area contributed by atoms with Crippen LogP contribution in [0, 0.1) is 22.7 Å². The van der Waals surface area contributed by atoms with E-state index in [2.05, 4.69) is 0 Å². The Kier molecular flexibility index (Phi) is 6.48. The van der Waals surface area contributed by atoms with Crippen molar-refractivity contribution in [3.8, 4) is 0 Å². The van der Waals surface area contributed by atoms with Gasteiger partial charge in [-0.25, -0.2) is 8.78 Å². The molecule has 3 saturated carbocycles. The van der Waals surface area contributed by atoms with Crippen LogP contribution in [0.15, 0.2) is 59.5 Å². The van der Waals surface area contributed by atoms with Crippen molar-refractivity contribution in [1.82, 2.24) is 0 Å². The molecule has 0 spiro atoms. The van der Waals surface area contributed by atoms with Crippen molar-refractivity contribution in [2.75, 3.05) is 12.3 Å². The Morgan fingerprint density at radius 2 is 1.91 bits per heavy atom. The van der Waals surface area contributed by atoms with Crippen molar-refractivity contribution >= 4 is 28.6 Å². The van der Waals surface area contributed by atoms with E-state index >= 15 is 8.78 Å². The maximum atomic E-state index is 17.5. The standard InChI is InChI=1S/C33H35F2NO6S/c1-30-8-7-20(38)11-23(30)24(34)12-22-21-13-28-33(27(40)15-37,31(21,2)14-26(39)32(22,30)35)42-29(41-28)25-10-18(16-43-25)9-17-3-5-19(36)6-4-17/h3-8,10-11,16,21-22,24,26,28-29,37,39H,9,12-15,36H2,1-2H3/t21-,22-,24-,26-,28+,29+,30-,31-,32-,33+/m0/s1. The lowest BCUT2D eigenvalue weighted by Crippen LogP contribution is -2.70. The number of anilines is 1. The van der Waals surface area contributed by atoms with E-state index in [0.29, 0.717) is 12.1 Å². The highest BCUT2D eigenvalue weighted by Gasteiger charge is 2.80. The van der Waals surface area contributed by atoms with Crippen LogP contribution < -0.4 is 5.73 Å². The fourth-order valence-corrected chi connectivity index (χ4v) is 10.0. The van der Waals surface area contributed by atoms with Gasteiger partial charge in [-0.05, 0) is 91.0 Å². The van der Waals surface area contributed by atoms with Crippen LogP contribution in [0.1, 0.15) is 55.4 Å². The molecule has 7 rings (SSSR count). The molecule has 7 nitrogen and oxygen atoms in total. The van der Waals surface area contributed by atoms with Crippen LogP contribution in [-0.4, -0.2) is 58.0 Å². The van der Waals surface area contributed by atoms with Crippen molar-refractivity contribution in [3.63, 3.8) is 0 Å². The summed E-state index contributed by atoms with van der Waals surface area (Å²) >= 11 is 1.44. The van der Waals surface area contributed by atoms with Crippen LogP contribution >= 0.6 is 11.3 Å². The smallest absolute Gasteiger partial charge is 0.194 e. The van der Waals surface area contributed by atoms with Crippen LogP contribution in [0.3, 0.4) is 0 Å². The second kappa shape index (κ2) is 9.62. The minimum atomic E-state index is -2.28. The Morgan fingerprint density at radius 1 is 1.16 bits per heavy atom. The number of hydrogen-bond acceptors (Lipinski definition) is 8. The lowest BCUT2D eigenvalue weighted by atomic mass is 9.44. The molecular weight excluding hydrogens is 576 g/mol. The summed E-state index contributed by atoms with van der Waals surface area (Å²) in [6, 6.07) is 9.58. The van der Waals surface area contributed by atoms with Gasteiger partial charge in [0, 0.05) is 22.4 Å². The van der Waals surface area contributed by atoms with E-state index in [1.165, 1.54) is 23.5 Å². The van der Waals surface area contributed by atoms with E-state index in [0.717, 1.165) is 22.1 Å². The highest BCUT2D eigenvalue weighted by atomic mass is 32.1. The van der Waals surface area contributed by atoms with E-state index in [9.17, 15) is 19.8 Å². The highest BCUT2D eigenvalue weighted by molar-refractivity contribution is 7.10. The molecule has 228 valence electrons. The molecule has 1 saturated heterocycles. The molecule has 2 heterocycles. The maximum Gasteiger partial charge on any atom is 0.194 e. The number of halogens is 2. The summed E-state index contributed by atoms with van der Waals surface area (Å²) < 4.78 is 46.3. The predicted octanol–water partition coefficient (Wildman–Crippen LogP) is 4.56. The van der Waals surface area contributed by atoms with Crippen molar-refractivity contribution in [2.24, 2.45) is 22.7 Å². The van der Waals surface area contributed by atoms with E-state index < -0.39 is 76.8 Å². The number of benzene rings is 1. The number of carbonyl (C=O) groups excluding carboxylic acids is 2. The monoisotopic (exact) mass is 611 g/mol. The number of alkyl halides is 2. The van der Waals surface area contributed by atoms with E-state index in [1.807, 2.05) is 35.7 Å². The minimum absolute atomic E-state index is 0.0424. The number of nitrogen functional groups attached to an aromatic ring is 1. The zero-order valence-electron chi connectivity index (χ0n) is 24.0. The van der Waals surface area contributed by atoms with Gasteiger partial charge in [-0.1, -0.05) is 25.1 Å². The molecule has 1 aromatic carbocycles. The number of carbonyl (C=O) groups is 2. The Hall–Kier alpha value is -2.76. The third-order valence-corrected chi connectivity index (χ3v) is 12.2. The lowest BCUT2D eigenvalue weighted by molar-refractivity contribution is -0.234. The molecule has 2 aromatic rings. The molecule has 5 aliphatic rings. The summed E-state index contributed by atoms with van der Waals surface area (Å²) in [5.74, 6) is -2.57. The molecule has 10 heteroatoms. The largest absolute Gasteiger partial charge is 0.399 e. The van der Waals surface area contributed by atoms with Crippen LogP contribution in [-0.2, 0) is 25.5 Å². The number of hydrogen-bond donors (Lipinski definition) is 3. The van der Waals surface area contributed by atoms with Gasteiger partial charge in [-0.15, -0.1) is 11.3 Å². The first-order valence-electron chi connectivity index (χ1n) is 14.7. The molecule has 4 N–H and O–H groups in total. The number of ether oxygens (including phenoxy) is 2. The van der Waals surface area contributed by atoms with Gasteiger partial charge in [0.15, 0.2) is 29.1 Å². The first kappa shape index (κ1) is 29.0. The Balaban J connectivity index is 1.22.